The van der Waals surface area contributed by atoms with Crippen molar-refractivity contribution in [2.24, 2.45) is 0 Å². The molecule has 1 aromatic carbocycles. The lowest BCUT2D eigenvalue weighted by molar-refractivity contribution is -0.711. The SMILES string of the molecule is COc1cc(C)cc2c(Br)cnc([NH+]3C=CC=C3)c12. The average molecular weight is 318 g/mol. The third kappa shape index (κ3) is 2.07. The van der Waals surface area contributed by atoms with Gasteiger partial charge in [-0.15, -0.1) is 0 Å². The summed E-state index contributed by atoms with van der Waals surface area (Å²) < 4.78 is 6.53. The van der Waals surface area contributed by atoms with Gasteiger partial charge in [-0.2, -0.15) is 0 Å². The highest BCUT2D eigenvalue weighted by Crippen LogP contribution is 2.35. The summed E-state index contributed by atoms with van der Waals surface area (Å²) in [6, 6.07) is 4.19. The molecule has 0 radical (unpaired) electrons. The largest absolute Gasteiger partial charge is 0.496 e. The molecule has 2 heterocycles. The Hall–Kier alpha value is -1.65. The molecule has 0 fully saturated rings. The van der Waals surface area contributed by atoms with Crippen LogP contribution in [-0.4, -0.2) is 12.1 Å². The second kappa shape index (κ2) is 4.79. The minimum absolute atomic E-state index is 0.861. The first-order chi connectivity index (χ1) is 9.20. The van der Waals surface area contributed by atoms with Crippen LogP contribution in [0.4, 0.5) is 5.82 Å². The van der Waals surface area contributed by atoms with E-state index >= 15 is 0 Å². The predicted octanol–water partition coefficient (Wildman–Crippen LogP) is 2.87. The molecule has 0 saturated heterocycles. The zero-order valence-electron chi connectivity index (χ0n) is 10.8. The van der Waals surface area contributed by atoms with Crippen LogP contribution in [0.2, 0.25) is 0 Å². The van der Waals surface area contributed by atoms with Crippen LogP contribution in [0.1, 0.15) is 5.56 Å². The van der Waals surface area contributed by atoms with Crippen LogP contribution in [-0.2, 0) is 0 Å². The third-order valence-electron chi connectivity index (χ3n) is 3.20. The van der Waals surface area contributed by atoms with Gasteiger partial charge in [0.2, 0.25) is 5.82 Å². The number of quaternary nitrogens is 1. The molecule has 3 nitrogen and oxygen atoms in total. The maximum atomic E-state index is 5.54. The van der Waals surface area contributed by atoms with Crippen molar-refractivity contribution in [1.82, 2.24) is 4.98 Å². The van der Waals surface area contributed by atoms with Crippen LogP contribution >= 0.6 is 15.9 Å². The lowest BCUT2D eigenvalue weighted by Crippen LogP contribution is -2.96. The molecule has 0 unspecified atom stereocenters. The Bertz CT molecular complexity index is 695. The topological polar surface area (TPSA) is 26.6 Å². The van der Waals surface area contributed by atoms with E-state index in [1.165, 1.54) is 5.56 Å². The average Bonchev–Trinajstić information content (AvgIpc) is 2.93. The van der Waals surface area contributed by atoms with Crippen molar-refractivity contribution in [3.8, 4) is 5.75 Å². The summed E-state index contributed by atoms with van der Waals surface area (Å²) in [5.41, 5.74) is 1.17. The van der Waals surface area contributed by atoms with Gasteiger partial charge in [-0.1, -0.05) is 0 Å². The summed E-state index contributed by atoms with van der Waals surface area (Å²) in [5.74, 6) is 1.82. The summed E-state index contributed by atoms with van der Waals surface area (Å²) in [6.07, 6.45) is 10.0. The van der Waals surface area contributed by atoms with Gasteiger partial charge in [-0.25, -0.2) is 9.88 Å². The van der Waals surface area contributed by atoms with Gasteiger partial charge >= 0.3 is 0 Å². The van der Waals surface area contributed by atoms with Crippen molar-refractivity contribution in [2.45, 2.75) is 6.92 Å². The van der Waals surface area contributed by atoms with E-state index in [1.54, 1.807) is 7.11 Å². The number of nitrogens with zero attached hydrogens (tertiary/aromatic N) is 1. The monoisotopic (exact) mass is 317 g/mol. The van der Waals surface area contributed by atoms with E-state index in [1.807, 2.05) is 24.4 Å². The van der Waals surface area contributed by atoms with E-state index in [0.29, 0.717) is 0 Å². The van der Waals surface area contributed by atoms with Crippen molar-refractivity contribution in [3.63, 3.8) is 0 Å². The van der Waals surface area contributed by atoms with Gasteiger partial charge < -0.3 is 4.74 Å². The first-order valence-corrected chi connectivity index (χ1v) is 6.85. The van der Waals surface area contributed by atoms with Crippen molar-refractivity contribution in [3.05, 3.63) is 52.9 Å². The second-order valence-corrected chi connectivity index (χ2v) is 5.37. The van der Waals surface area contributed by atoms with Gasteiger partial charge in [0.05, 0.1) is 7.11 Å². The van der Waals surface area contributed by atoms with Gasteiger partial charge in [-0.3, -0.25) is 0 Å². The van der Waals surface area contributed by atoms with E-state index in [2.05, 4.69) is 46.3 Å². The Morgan fingerprint density at radius 2 is 1.95 bits per heavy atom. The van der Waals surface area contributed by atoms with Gasteiger partial charge in [0, 0.05) is 16.1 Å². The zero-order valence-corrected chi connectivity index (χ0v) is 12.4. The molecule has 96 valence electrons. The van der Waals surface area contributed by atoms with Crippen molar-refractivity contribution in [2.75, 3.05) is 7.11 Å². The first kappa shape index (κ1) is 12.4. The molecular weight excluding hydrogens is 304 g/mol. The van der Waals surface area contributed by atoms with Crippen LogP contribution in [0, 0.1) is 6.92 Å². The van der Waals surface area contributed by atoms with Crippen molar-refractivity contribution < 1.29 is 9.64 Å². The molecule has 1 aliphatic rings. The number of halogens is 1. The number of aromatic nitrogens is 1. The van der Waals surface area contributed by atoms with Crippen LogP contribution in [0.5, 0.6) is 5.75 Å². The highest BCUT2D eigenvalue weighted by atomic mass is 79.9. The molecule has 1 aliphatic heterocycles. The fourth-order valence-corrected chi connectivity index (χ4v) is 2.77. The lowest BCUT2D eigenvalue weighted by Gasteiger charge is -2.13. The van der Waals surface area contributed by atoms with E-state index in [-0.39, 0.29) is 0 Å². The number of allylic oxidation sites excluding steroid dienone is 2. The van der Waals surface area contributed by atoms with Crippen LogP contribution in [0.3, 0.4) is 0 Å². The highest BCUT2D eigenvalue weighted by molar-refractivity contribution is 9.10. The van der Waals surface area contributed by atoms with Gasteiger partial charge in [0.15, 0.2) is 0 Å². The van der Waals surface area contributed by atoms with Crippen LogP contribution < -0.4 is 9.64 Å². The summed E-state index contributed by atoms with van der Waals surface area (Å²) in [7, 11) is 1.70. The quantitative estimate of drug-likeness (QED) is 0.922. The molecular formula is C15H14BrN2O+. The van der Waals surface area contributed by atoms with E-state index in [0.717, 1.165) is 31.7 Å². The molecule has 0 bridgehead atoms. The molecule has 0 amide bonds. The Kier molecular flexibility index (Phi) is 3.12. The number of fused-ring (bicyclic) bond motifs is 1. The summed E-state index contributed by atoms with van der Waals surface area (Å²) >= 11 is 3.57. The number of ether oxygens (including phenoxy) is 1. The number of nitrogens with one attached hydrogen (secondary N) is 1. The van der Waals surface area contributed by atoms with Gasteiger partial charge in [0.25, 0.3) is 0 Å². The Balaban J connectivity index is 2.37. The Morgan fingerprint density at radius 3 is 2.63 bits per heavy atom. The maximum Gasteiger partial charge on any atom is 0.247 e. The lowest BCUT2D eigenvalue weighted by atomic mass is 10.1. The minimum atomic E-state index is 0.861. The Labute approximate surface area is 120 Å². The smallest absolute Gasteiger partial charge is 0.247 e. The Morgan fingerprint density at radius 1 is 1.21 bits per heavy atom. The predicted molar refractivity (Wildman–Crippen MR) is 79.6 cm³/mol. The summed E-state index contributed by atoms with van der Waals surface area (Å²) in [5, 5.41) is 2.18. The van der Waals surface area contributed by atoms with Crippen molar-refractivity contribution in [1.29, 1.82) is 0 Å². The molecule has 2 aromatic rings. The number of aryl methyl sites for hydroxylation is 1. The first-order valence-electron chi connectivity index (χ1n) is 6.05. The number of pyridine rings is 1. The third-order valence-corrected chi connectivity index (χ3v) is 3.84. The molecule has 0 saturated carbocycles. The minimum Gasteiger partial charge on any atom is -0.496 e. The molecule has 0 atom stereocenters. The molecule has 1 aromatic heterocycles. The van der Waals surface area contributed by atoms with Gasteiger partial charge in [-0.05, 0) is 52.7 Å². The number of hydrogen-bond donors (Lipinski definition) is 1. The maximum absolute atomic E-state index is 5.54. The van der Waals surface area contributed by atoms with E-state index in [9.17, 15) is 0 Å². The number of benzene rings is 1. The number of rotatable bonds is 2. The zero-order chi connectivity index (χ0) is 13.4. The second-order valence-electron chi connectivity index (χ2n) is 4.52. The van der Waals surface area contributed by atoms with Crippen molar-refractivity contribution >= 4 is 32.5 Å². The van der Waals surface area contributed by atoms with Crippen LogP contribution in [0.15, 0.2) is 47.4 Å². The fourth-order valence-electron chi connectivity index (χ4n) is 2.35. The molecule has 0 spiro atoms. The standard InChI is InChI=1S/C15H13BrN2O/c1-10-7-11-12(16)9-17-15(18-5-3-4-6-18)14(11)13(8-10)19-2/h3-9H,1-2H3/p+1. The molecule has 4 heteroatoms. The highest BCUT2D eigenvalue weighted by Gasteiger charge is 2.20. The molecule has 0 aliphatic carbocycles. The van der Waals surface area contributed by atoms with Gasteiger partial charge in [0.1, 0.15) is 23.5 Å². The normalized spacial score (nSPS) is 14.5. The number of hydrogen-bond acceptors (Lipinski definition) is 2. The fraction of sp³-hybridized carbons (Fsp3) is 0.133. The van der Waals surface area contributed by atoms with Crippen LogP contribution in [0.25, 0.3) is 10.8 Å². The summed E-state index contributed by atoms with van der Waals surface area (Å²) in [6.45, 7) is 2.07. The van der Waals surface area contributed by atoms with E-state index < -0.39 is 0 Å². The van der Waals surface area contributed by atoms with E-state index in [4.69, 9.17) is 4.74 Å². The molecule has 1 N–H and O–H groups in total. The molecule has 19 heavy (non-hydrogen) atoms. The molecule has 3 rings (SSSR count). The summed E-state index contributed by atoms with van der Waals surface area (Å²) in [4.78, 5) is 5.67. The number of methoxy groups -OCH3 is 1.